The average Bonchev–Trinajstić information content (AvgIpc) is 2.78. The number of rotatable bonds is 11. The summed E-state index contributed by atoms with van der Waals surface area (Å²) in [4.78, 5) is 23.0. The lowest BCUT2D eigenvalue weighted by atomic mass is 10.1. The zero-order chi connectivity index (χ0) is 22.1. The minimum atomic E-state index is -0.441. The zero-order valence-electron chi connectivity index (χ0n) is 16.9. The summed E-state index contributed by atoms with van der Waals surface area (Å²) in [6.45, 7) is 2.61. The van der Waals surface area contributed by atoms with Crippen molar-refractivity contribution < 1.29 is 14.6 Å². The van der Waals surface area contributed by atoms with Gasteiger partial charge in [-0.3, -0.25) is 25.1 Å². The largest absolute Gasteiger partial charge is 0.492 e. The molecule has 0 atom stereocenters. The van der Waals surface area contributed by atoms with Gasteiger partial charge in [-0.25, -0.2) is 0 Å². The van der Waals surface area contributed by atoms with E-state index in [9.17, 15) is 20.2 Å². The second-order valence-corrected chi connectivity index (χ2v) is 7.03. The van der Waals surface area contributed by atoms with Gasteiger partial charge in [-0.05, 0) is 29.7 Å². The van der Waals surface area contributed by atoms with Gasteiger partial charge >= 0.3 is 0 Å². The van der Waals surface area contributed by atoms with Crippen LogP contribution in [0, 0.1) is 20.2 Å². The smallest absolute Gasteiger partial charge is 0.269 e. The molecule has 160 valence electrons. The molecule has 0 radical (unpaired) electrons. The van der Waals surface area contributed by atoms with E-state index in [1.807, 2.05) is 18.2 Å². The zero-order valence-corrected chi connectivity index (χ0v) is 16.9. The van der Waals surface area contributed by atoms with E-state index in [2.05, 4.69) is 17.0 Å². The molecule has 0 aromatic heterocycles. The fourth-order valence-electron chi connectivity index (χ4n) is 3.14. The van der Waals surface area contributed by atoms with E-state index < -0.39 is 9.85 Å². The van der Waals surface area contributed by atoms with Gasteiger partial charge in [0.05, 0.1) is 9.85 Å². The molecular weight excluding hydrogens is 398 g/mol. The van der Waals surface area contributed by atoms with Gasteiger partial charge in [0.2, 0.25) is 0 Å². The van der Waals surface area contributed by atoms with Crippen LogP contribution in [0.5, 0.6) is 5.75 Å². The Bertz CT molecular complexity index is 992. The third-order valence-electron chi connectivity index (χ3n) is 4.84. The summed E-state index contributed by atoms with van der Waals surface area (Å²) in [6, 6.07) is 22.7. The molecule has 3 aromatic rings. The van der Waals surface area contributed by atoms with E-state index in [4.69, 9.17) is 4.74 Å². The Morgan fingerprint density at radius 2 is 1.29 bits per heavy atom. The lowest BCUT2D eigenvalue weighted by molar-refractivity contribution is -0.385. The Labute approximate surface area is 180 Å². The molecule has 0 amide bonds. The quantitative estimate of drug-likeness (QED) is 0.331. The Balaban J connectivity index is 1.57. The predicted molar refractivity (Wildman–Crippen MR) is 117 cm³/mol. The maximum Gasteiger partial charge on any atom is 0.269 e. The fourth-order valence-corrected chi connectivity index (χ4v) is 3.14. The van der Waals surface area contributed by atoms with Gasteiger partial charge in [-0.2, -0.15) is 0 Å². The van der Waals surface area contributed by atoms with Crippen LogP contribution in [0.2, 0.25) is 0 Å². The van der Waals surface area contributed by atoms with Crippen LogP contribution in [0.3, 0.4) is 0 Å². The number of nitro benzene ring substituents is 2. The summed E-state index contributed by atoms with van der Waals surface area (Å²) in [5.41, 5.74) is 2.32. The highest BCUT2D eigenvalue weighted by Crippen LogP contribution is 2.17. The van der Waals surface area contributed by atoms with E-state index >= 15 is 0 Å². The molecule has 0 spiro atoms. The standard InChI is InChI=1S/C23H23N3O5/c27-25(28)21-8-6-19(7-9-21)14-15-24(18-20-4-2-1-3-5-20)16-17-31-23-12-10-22(11-13-23)26(29)30/h1-13H,14-18H2. The highest BCUT2D eigenvalue weighted by atomic mass is 16.6. The maximum atomic E-state index is 10.8. The lowest BCUT2D eigenvalue weighted by Crippen LogP contribution is -2.30. The monoisotopic (exact) mass is 421 g/mol. The number of nitro groups is 2. The van der Waals surface area contributed by atoms with Crippen molar-refractivity contribution in [2.75, 3.05) is 19.7 Å². The van der Waals surface area contributed by atoms with E-state index in [0.29, 0.717) is 18.9 Å². The third kappa shape index (κ3) is 6.90. The molecule has 8 nitrogen and oxygen atoms in total. The van der Waals surface area contributed by atoms with Crippen molar-refractivity contribution in [2.45, 2.75) is 13.0 Å². The van der Waals surface area contributed by atoms with Gasteiger partial charge < -0.3 is 4.74 Å². The molecule has 0 aliphatic heterocycles. The van der Waals surface area contributed by atoms with Crippen molar-refractivity contribution in [1.82, 2.24) is 4.90 Å². The van der Waals surface area contributed by atoms with E-state index in [0.717, 1.165) is 25.1 Å². The average molecular weight is 421 g/mol. The molecule has 31 heavy (non-hydrogen) atoms. The first kappa shape index (κ1) is 21.9. The van der Waals surface area contributed by atoms with Crippen LogP contribution in [0.1, 0.15) is 11.1 Å². The molecule has 0 unspecified atom stereocenters. The molecule has 0 saturated carbocycles. The van der Waals surface area contributed by atoms with Crippen molar-refractivity contribution in [1.29, 1.82) is 0 Å². The number of non-ortho nitro benzene ring substituents is 2. The number of benzene rings is 3. The normalized spacial score (nSPS) is 10.7. The van der Waals surface area contributed by atoms with Crippen LogP contribution in [0.4, 0.5) is 11.4 Å². The highest BCUT2D eigenvalue weighted by molar-refractivity contribution is 5.36. The van der Waals surface area contributed by atoms with Gasteiger partial charge in [-0.1, -0.05) is 42.5 Å². The Hall–Kier alpha value is -3.78. The summed E-state index contributed by atoms with van der Waals surface area (Å²) >= 11 is 0. The number of hydrogen-bond acceptors (Lipinski definition) is 6. The van der Waals surface area contributed by atoms with Crippen LogP contribution in [0.15, 0.2) is 78.9 Å². The summed E-state index contributed by atoms with van der Waals surface area (Å²) in [6.07, 6.45) is 0.752. The van der Waals surface area contributed by atoms with Gasteiger partial charge in [0.15, 0.2) is 0 Å². The van der Waals surface area contributed by atoms with Crippen LogP contribution < -0.4 is 4.74 Å². The molecule has 0 aliphatic carbocycles. The van der Waals surface area contributed by atoms with Crippen LogP contribution >= 0.6 is 0 Å². The predicted octanol–water partition coefficient (Wildman–Crippen LogP) is 4.63. The van der Waals surface area contributed by atoms with E-state index in [1.165, 1.54) is 29.8 Å². The molecule has 3 rings (SSSR count). The first-order valence-corrected chi connectivity index (χ1v) is 9.88. The second-order valence-electron chi connectivity index (χ2n) is 7.03. The van der Waals surface area contributed by atoms with Crippen molar-refractivity contribution in [3.8, 4) is 5.75 Å². The molecule has 3 aromatic carbocycles. The Kier molecular flexibility index (Phi) is 7.67. The highest BCUT2D eigenvalue weighted by Gasteiger charge is 2.10. The minimum Gasteiger partial charge on any atom is -0.492 e. The molecule has 8 heteroatoms. The van der Waals surface area contributed by atoms with Crippen molar-refractivity contribution >= 4 is 11.4 Å². The van der Waals surface area contributed by atoms with Crippen LogP contribution in [-0.4, -0.2) is 34.4 Å². The lowest BCUT2D eigenvalue weighted by Gasteiger charge is -2.22. The van der Waals surface area contributed by atoms with Gasteiger partial charge in [-0.15, -0.1) is 0 Å². The third-order valence-corrected chi connectivity index (χ3v) is 4.84. The molecule has 0 bridgehead atoms. The molecule has 0 heterocycles. The van der Waals surface area contributed by atoms with Gasteiger partial charge in [0.1, 0.15) is 12.4 Å². The summed E-state index contributed by atoms with van der Waals surface area (Å²) in [5, 5.41) is 21.6. The number of ether oxygens (including phenoxy) is 1. The van der Waals surface area contributed by atoms with Crippen LogP contribution in [-0.2, 0) is 13.0 Å². The van der Waals surface area contributed by atoms with Crippen LogP contribution in [0.25, 0.3) is 0 Å². The topological polar surface area (TPSA) is 98.8 Å². The minimum absolute atomic E-state index is 0.0288. The molecule has 0 fully saturated rings. The summed E-state index contributed by atoms with van der Waals surface area (Å²) in [5.74, 6) is 0.584. The van der Waals surface area contributed by atoms with Gasteiger partial charge in [0, 0.05) is 43.9 Å². The Morgan fingerprint density at radius 1 is 0.710 bits per heavy atom. The molecule has 0 saturated heterocycles. The molecular formula is C23H23N3O5. The van der Waals surface area contributed by atoms with Crippen molar-refractivity contribution in [2.24, 2.45) is 0 Å². The first-order chi connectivity index (χ1) is 15.0. The second kappa shape index (κ2) is 10.8. The van der Waals surface area contributed by atoms with Gasteiger partial charge in [0.25, 0.3) is 11.4 Å². The number of nitrogens with zero attached hydrogens (tertiary/aromatic N) is 3. The SMILES string of the molecule is O=[N+]([O-])c1ccc(CCN(CCOc2ccc([N+](=O)[O-])cc2)Cc2ccccc2)cc1. The number of hydrogen-bond donors (Lipinski definition) is 0. The molecule has 0 aliphatic rings. The maximum absolute atomic E-state index is 10.8. The first-order valence-electron chi connectivity index (χ1n) is 9.88. The molecule has 0 N–H and O–H groups in total. The summed E-state index contributed by atoms with van der Waals surface area (Å²) < 4.78 is 5.76. The van der Waals surface area contributed by atoms with E-state index in [1.54, 1.807) is 24.3 Å². The Morgan fingerprint density at radius 3 is 1.87 bits per heavy atom. The fraction of sp³-hybridized carbons (Fsp3) is 0.217. The van der Waals surface area contributed by atoms with E-state index in [-0.39, 0.29) is 11.4 Å². The van der Waals surface area contributed by atoms with Crippen molar-refractivity contribution in [3.63, 3.8) is 0 Å². The summed E-state index contributed by atoms with van der Waals surface area (Å²) in [7, 11) is 0. The van der Waals surface area contributed by atoms with Crippen molar-refractivity contribution in [3.05, 3.63) is 110 Å².